The highest BCUT2D eigenvalue weighted by atomic mass is 35.5. The normalized spacial score (nSPS) is 11.3. The minimum absolute atomic E-state index is 0.0872. The van der Waals surface area contributed by atoms with Crippen LogP contribution in [0.2, 0.25) is 5.02 Å². The molecule has 4 aromatic rings. The van der Waals surface area contributed by atoms with Crippen LogP contribution in [-0.4, -0.2) is 26.6 Å². The van der Waals surface area contributed by atoms with Gasteiger partial charge in [0.15, 0.2) is 0 Å². The molecule has 0 saturated carbocycles. The lowest BCUT2D eigenvalue weighted by Gasteiger charge is -2.05. The first-order chi connectivity index (χ1) is 12.5. The molecule has 2 heterocycles. The SMILES string of the molecule is Cn1cnc2cc(C(=O)NCCc3cn(C)c4ccc(Cl)cc34)ccc21. The van der Waals surface area contributed by atoms with E-state index in [1.54, 1.807) is 6.33 Å². The van der Waals surface area contributed by atoms with Crippen LogP contribution in [0.5, 0.6) is 0 Å². The van der Waals surface area contributed by atoms with Gasteiger partial charge >= 0.3 is 0 Å². The topological polar surface area (TPSA) is 51.9 Å². The van der Waals surface area contributed by atoms with Crippen molar-refractivity contribution in [2.24, 2.45) is 14.1 Å². The molecule has 1 amide bonds. The number of aromatic nitrogens is 3. The first kappa shape index (κ1) is 16.7. The van der Waals surface area contributed by atoms with Crippen molar-refractivity contribution >= 4 is 39.4 Å². The number of benzene rings is 2. The van der Waals surface area contributed by atoms with E-state index in [1.807, 2.05) is 55.1 Å². The molecule has 0 radical (unpaired) electrons. The summed E-state index contributed by atoms with van der Waals surface area (Å²) in [6.07, 6.45) is 4.58. The average Bonchev–Trinajstić information content (AvgIpc) is 3.15. The highest BCUT2D eigenvalue weighted by Crippen LogP contribution is 2.24. The van der Waals surface area contributed by atoms with Crippen molar-refractivity contribution in [3.05, 3.63) is 65.1 Å². The van der Waals surface area contributed by atoms with Crippen molar-refractivity contribution in [1.29, 1.82) is 0 Å². The van der Waals surface area contributed by atoms with Crippen molar-refractivity contribution in [3.63, 3.8) is 0 Å². The molecule has 0 aliphatic rings. The Labute approximate surface area is 156 Å². The van der Waals surface area contributed by atoms with Crippen LogP contribution >= 0.6 is 11.6 Å². The van der Waals surface area contributed by atoms with E-state index in [1.165, 1.54) is 5.56 Å². The summed E-state index contributed by atoms with van der Waals surface area (Å²) in [6, 6.07) is 11.5. The van der Waals surface area contributed by atoms with Gasteiger partial charge in [0.2, 0.25) is 0 Å². The van der Waals surface area contributed by atoms with Gasteiger partial charge in [-0.25, -0.2) is 4.98 Å². The molecular formula is C20H19ClN4O. The lowest BCUT2D eigenvalue weighted by molar-refractivity contribution is 0.0954. The molecule has 0 unspecified atom stereocenters. The van der Waals surface area contributed by atoms with Crippen LogP contribution in [0, 0.1) is 0 Å². The van der Waals surface area contributed by atoms with Crippen LogP contribution in [0.25, 0.3) is 21.9 Å². The average molecular weight is 367 g/mol. The van der Waals surface area contributed by atoms with Gasteiger partial charge < -0.3 is 14.5 Å². The van der Waals surface area contributed by atoms with Crippen LogP contribution < -0.4 is 5.32 Å². The molecule has 132 valence electrons. The minimum atomic E-state index is -0.0872. The van der Waals surface area contributed by atoms with E-state index in [0.717, 1.165) is 33.4 Å². The summed E-state index contributed by atoms with van der Waals surface area (Å²) < 4.78 is 4.01. The van der Waals surface area contributed by atoms with Crippen LogP contribution in [0.4, 0.5) is 0 Å². The van der Waals surface area contributed by atoms with Crippen molar-refractivity contribution < 1.29 is 4.79 Å². The van der Waals surface area contributed by atoms with E-state index in [2.05, 4.69) is 21.1 Å². The summed E-state index contributed by atoms with van der Waals surface area (Å²) in [7, 11) is 3.95. The maximum absolute atomic E-state index is 12.4. The Morgan fingerprint density at radius 2 is 1.92 bits per heavy atom. The van der Waals surface area contributed by atoms with E-state index >= 15 is 0 Å². The Kier molecular flexibility index (Phi) is 4.17. The van der Waals surface area contributed by atoms with Crippen LogP contribution in [0.1, 0.15) is 15.9 Å². The first-order valence-electron chi connectivity index (χ1n) is 8.45. The second kappa shape index (κ2) is 6.50. The molecule has 0 spiro atoms. The van der Waals surface area contributed by atoms with Crippen molar-refractivity contribution in [3.8, 4) is 0 Å². The van der Waals surface area contributed by atoms with Crippen molar-refractivity contribution in [2.45, 2.75) is 6.42 Å². The van der Waals surface area contributed by atoms with E-state index in [4.69, 9.17) is 11.6 Å². The molecule has 0 saturated heterocycles. The smallest absolute Gasteiger partial charge is 0.251 e. The van der Waals surface area contributed by atoms with Gasteiger partial charge in [-0.1, -0.05) is 11.6 Å². The van der Waals surface area contributed by atoms with E-state index in [-0.39, 0.29) is 5.91 Å². The molecule has 4 rings (SSSR count). The van der Waals surface area contributed by atoms with Crippen LogP contribution in [0.3, 0.4) is 0 Å². The number of carbonyl (C=O) groups excluding carboxylic acids is 1. The minimum Gasteiger partial charge on any atom is -0.352 e. The summed E-state index contributed by atoms with van der Waals surface area (Å²) in [4.78, 5) is 16.7. The Bertz CT molecular complexity index is 1130. The number of nitrogens with one attached hydrogen (secondary N) is 1. The maximum atomic E-state index is 12.4. The zero-order valence-electron chi connectivity index (χ0n) is 14.7. The first-order valence-corrected chi connectivity index (χ1v) is 8.83. The fraction of sp³-hybridized carbons (Fsp3) is 0.200. The van der Waals surface area contributed by atoms with E-state index in [9.17, 15) is 4.79 Å². The predicted octanol–water partition coefficient (Wildman–Crippen LogP) is 3.69. The standard InChI is InChI=1S/C20H19ClN4O/c1-24-11-14(16-10-15(21)4-6-18(16)24)7-8-22-20(26)13-3-5-19-17(9-13)23-12-25(19)2/h3-6,9-12H,7-8H2,1-2H3,(H,22,26). The molecule has 0 aliphatic heterocycles. The third kappa shape index (κ3) is 2.95. The van der Waals surface area contributed by atoms with E-state index < -0.39 is 0 Å². The Hall–Kier alpha value is -2.79. The Balaban J connectivity index is 1.47. The second-order valence-electron chi connectivity index (χ2n) is 6.49. The van der Waals surface area contributed by atoms with Gasteiger partial charge in [-0.2, -0.15) is 0 Å². The molecule has 1 N–H and O–H groups in total. The maximum Gasteiger partial charge on any atom is 0.251 e. The number of nitrogens with zero attached hydrogens (tertiary/aromatic N) is 3. The molecule has 5 nitrogen and oxygen atoms in total. The zero-order valence-corrected chi connectivity index (χ0v) is 15.4. The summed E-state index contributed by atoms with van der Waals surface area (Å²) in [5, 5.41) is 4.84. The zero-order chi connectivity index (χ0) is 18.3. The molecule has 0 fully saturated rings. The molecular weight excluding hydrogens is 348 g/mol. The fourth-order valence-electron chi connectivity index (χ4n) is 3.34. The summed E-state index contributed by atoms with van der Waals surface area (Å²) >= 11 is 6.13. The van der Waals surface area contributed by atoms with Crippen LogP contribution in [0.15, 0.2) is 48.9 Å². The number of amides is 1. The number of aryl methyl sites for hydroxylation is 2. The number of hydrogen-bond acceptors (Lipinski definition) is 2. The van der Waals surface area contributed by atoms with Crippen molar-refractivity contribution in [2.75, 3.05) is 6.54 Å². The number of imidazole rings is 1. The number of fused-ring (bicyclic) bond motifs is 2. The Morgan fingerprint density at radius 3 is 2.77 bits per heavy atom. The van der Waals surface area contributed by atoms with Crippen LogP contribution in [-0.2, 0) is 20.5 Å². The molecule has 2 aromatic heterocycles. The number of rotatable bonds is 4. The monoisotopic (exact) mass is 366 g/mol. The third-order valence-corrected chi connectivity index (χ3v) is 4.94. The van der Waals surface area contributed by atoms with Gasteiger partial charge in [-0.15, -0.1) is 0 Å². The van der Waals surface area contributed by atoms with Gasteiger partial charge in [-0.05, 0) is 48.4 Å². The van der Waals surface area contributed by atoms with Gasteiger partial charge in [-0.3, -0.25) is 4.79 Å². The summed E-state index contributed by atoms with van der Waals surface area (Å²) in [5.74, 6) is -0.0872. The molecule has 0 aliphatic carbocycles. The predicted molar refractivity (Wildman–Crippen MR) is 105 cm³/mol. The molecule has 26 heavy (non-hydrogen) atoms. The number of hydrogen-bond donors (Lipinski definition) is 1. The second-order valence-corrected chi connectivity index (χ2v) is 6.93. The lowest BCUT2D eigenvalue weighted by Crippen LogP contribution is -2.25. The summed E-state index contributed by atoms with van der Waals surface area (Å²) in [5.41, 5.74) is 4.76. The number of carbonyl (C=O) groups is 1. The highest BCUT2D eigenvalue weighted by Gasteiger charge is 2.10. The molecule has 6 heteroatoms. The largest absolute Gasteiger partial charge is 0.352 e. The highest BCUT2D eigenvalue weighted by molar-refractivity contribution is 6.31. The number of halogens is 1. The van der Waals surface area contributed by atoms with Gasteiger partial charge in [0.1, 0.15) is 0 Å². The third-order valence-electron chi connectivity index (χ3n) is 4.70. The van der Waals surface area contributed by atoms with Crippen molar-refractivity contribution in [1.82, 2.24) is 19.4 Å². The van der Waals surface area contributed by atoms with Gasteiger partial charge in [0, 0.05) is 48.3 Å². The molecule has 2 aromatic carbocycles. The fourth-order valence-corrected chi connectivity index (χ4v) is 3.51. The lowest BCUT2D eigenvalue weighted by atomic mass is 10.1. The molecule has 0 atom stereocenters. The quantitative estimate of drug-likeness (QED) is 0.599. The van der Waals surface area contributed by atoms with E-state index in [0.29, 0.717) is 12.1 Å². The van der Waals surface area contributed by atoms with Gasteiger partial charge in [0.05, 0.1) is 17.4 Å². The summed E-state index contributed by atoms with van der Waals surface area (Å²) in [6.45, 7) is 0.560. The van der Waals surface area contributed by atoms with Gasteiger partial charge in [0.25, 0.3) is 5.91 Å². The Morgan fingerprint density at radius 1 is 1.12 bits per heavy atom. The molecule has 0 bridgehead atoms.